The average molecular weight is 124 g/mol. The fraction of sp³-hybridized carbons (Fsp3) is 0.625. The van der Waals surface area contributed by atoms with Gasteiger partial charge >= 0.3 is 0 Å². The summed E-state index contributed by atoms with van der Waals surface area (Å²) in [7, 11) is 0. The van der Waals surface area contributed by atoms with Gasteiger partial charge in [-0.2, -0.15) is 0 Å². The van der Waals surface area contributed by atoms with Crippen molar-refractivity contribution >= 4 is 5.78 Å². The van der Waals surface area contributed by atoms with Gasteiger partial charge < -0.3 is 0 Å². The van der Waals surface area contributed by atoms with Crippen LogP contribution in [0.5, 0.6) is 0 Å². The second-order valence-electron chi connectivity index (χ2n) is 2.80. The van der Waals surface area contributed by atoms with E-state index in [1.807, 2.05) is 6.08 Å². The molecule has 50 valence electrons. The minimum atomic E-state index is 0.383. The van der Waals surface area contributed by atoms with Crippen molar-refractivity contribution in [2.45, 2.75) is 26.7 Å². The van der Waals surface area contributed by atoms with Gasteiger partial charge in [0.15, 0.2) is 0 Å². The van der Waals surface area contributed by atoms with E-state index in [1.165, 1.54) is 5.57 Å². The van der Waals surface area contributed by atoms with Crippen molar-refractivity contribution in [2.24, 2.45) is 5.92 Å². The van der Waals surface area contributed by atoms with E-state index < -0.39 is 0 Å². The second kappa shape index (κ2) is 2.34. The Bertz CT molecular complexity index is 156. The molecule has 0 unspecified atom stereocenters. The van der Waals surface area contributed by atoms with E-state index in [2.05, 4.69) is 13.8 Å². The molecule has 0 spiro atoms. The molecule has 1 rings (SSSR count). The molecule has 0 heterocycles. The predicted molar refractivity (Wildman–Crippen MR) is 37.2 cm³/mol. The molecule has 0 aliphatic heterocycles. The first-order valence-electron chi connectivity index (χ1n) is 3.38. The van der Waals surface area contributed by atoms with Gasteiger partial charge in [-0.25, -0.2) is 0 Å². The lowest BCUT2D eigenvalue weighted by atomic mass is 9.90. The predicted octanol–water partition coefficient (Wildman–Crippen LogP) is 1.93. The summed E-state index contributed by atoms with van der Waals surface area (Å²) in [5.41, 5.74) is 1.37. The third-order valence-electron chi connectivity index (χ3n) is 1.96. The van der Waals surface area contributed by atoms with Crippen LogP contribution in [-0.4, -0.2) is 5.78 Å². The van der Waals surface area contributed by atoms with Crippen LogP contribution < -0.4 is 0 Å². The molecule has 0 fully saturated rings. The SMILES string of the molecule is CC1=CCC(=O)C[C@@H]1C. The van der Waals surface area contributed by atoms with Gasteiger partial charge in [0, 0.05) is 12.8 Å². The number of carbonyl (C=O) groups is 1. The lowest BCUT2D eigenvalue weighted by Crippen LogP contribution is -2.10. The molecule has 1 nitrogen and oxygen atoms in total. The monoisotopic (exact) mass is 124 g/mol. The van der Waals surface area contributed by atoms with Crippen LogP contribution in [0.2, 0.25) is 0 Å². The normalized spacial score (nSPS) is 28.0. The molecule has 0 amide bonds. The molecular weight excluding hydrogens is 112 g/mol. The molecule has 0 saturated carbocycles. The molecule has 0 radical (unpaired) electrons. The van der Waals surface area contributed by atoms with Crippen molar-refractivity contribution < 1.29 is 4.79 Å². The van der Waals surface area contributed by atoms with Crippen molar-refractivity contribution in [3.63, 3.8) is 0 Å². The number of carbonyl (C=O) groups excluding carboxylic acids is 1. The van der Waals surface area contributed by atoms with E-state index in [-0.39, 0.29) is 0 Å². The van der Waals surface area contributed by atoms with Crippen LogP contribution in [0.1, 0.15) is 26.7 Å². The summed E-state index contributed by atoms with van der Waals surface area (Å²) in [6.45, 7) is 4.19. The van der Waals surface area contributed by atoms with Crippen molar-refractivity contribution in [2.75, 3.05) is 0 Å². The third kappa shape index (κ3) is 1.41. The number of Topliss-reactive ketones (excluding diaryl/α,β-unsaturated/α-hetero) is 1. The standard InChI is InChI=1S/C8H12O/c1-6-3-4-8(9)5-7(6)2/h3,7H,4-5H2,1-2H3/t7-/m0/s1. The Labute approximate surface area is 55.8 Å². The highest BCUT2D eigenvalue weighted by atomic mass is 16.1. The molecule has 0 bridgehead atoms. The van der Waals surface area contributed by atoms with Gasteiger partial charge in [-0.15, -0.1) is 0 Å². The quantitative estimate of drug-likeness (QED) is 0.451. The highest BCUT2D eigenvalue weighted by molar-refractivity contribution is 5.81. The zero-order valence-electron chi connectivity index (χ0n) is 5.98. The first-order chi connectivity index (χ1) is 4.20. The summed E-state index contributed by atoms with van der Waals surface area (Å²) >= 11 is 0. The van der Waals surface area contributed by atoms with E-state index >= 15 is 0 Å². The Hall–Kier alpha value is -0.590. The van der Waals surface area contributed by atoms with Crippen LogP contribution in [0, 0.1) is 5.92 Å². The Kier molecular flexibility index (Phi) is 1.70. The second-order valence-corrected chi connectivity index (χ2v) is 2.80. The minimum absolute atomic E-state index is 0.383. The summed E-state index contributed by atoms with van der Waals surface area (Å²) in [6, 6.07) is 0. The Morgan fingerprint density at radius 1 is 1.67 bits per heavy atom. The van der Waals surface area contributed by atoms with Crippen molar-refractivity contribution in [3.05, 3.63) is 11.6 Å². The lowest BCUT2D eigenvalue weighted by molar-refractivity contribution is -0.119. The minimum Gasteiger partial charge on any atom is -0.299 e. The number of hydrogen-bond acceptors (Lipinski definition) is 1. The van der Waals surface area contributed by atoms with Gasteiger partial charge in [0.25, 0.3) is 0 Å². The molecule has 1 heteroatoms. The summed E-state index contributed by atoms with van der Waals surface area (Å²) in [5.74, 6) is 0.874. The topological polar surface area (TPSA) is 17.1 Å². The fourth-order valence-corrected chi connectivity index (χ4v) is 1.06. The maximum Gasteiger partial charge on any atom is 0.137 e. The molecule has 1 aliphatic rings. The Morgan fingerprint density at radius 3 is 2.78 bits per heavy atom. The van der Waals surface area contributed by atoms with Crippen molar-refractivity contribution in [1.29, 1.82) is 0 Å². The Morgan fingerprint density at radius 2 is 2.33 bits per heavy atom. The van der Waals surface area contributed by atoms with Gasteiger partial charge in [0.2, 0.25) is 0 Å². The molecule has 1 atom stereocenters. The summed E-state index contributed by atoms with van der Waals surface area (Å²) < 4.78 is 0. The van der Waals surface area contributed by atoms with Gasteiger partial charge in [-0.3, -0.25) is 4.79 Å². The molecule has 0 aromatic heterocycles. The van der Waals surface area contributed by atoms with Crippen LogP contribution in [-0.2, 0) is 4.79 Å². The largest absolute Gasteiger partial charge is 0.299 e. The molecule has 0 aromatic rings. The van der Waals surface area contributed by atoms with Crippen LogP contribution in [0.25, 0.3) is 0 Å². The number of ketones is 1. The average Bonchev–Trinajstić information content (AvgIpc) is 1.80. The third-order valence-corrected chi connectivity index (χ3v) is 1.96. The molecule has 1 aliphatic carbocycles. The van der Waals surface area contributed by atoms with Crippen molar-refractivity contribution in [3.8, 4) is 0 Å². The smallest absolute Gasteiger partial charge is 0.137 e. The van der Waals surface area contributed by atoms with Crippen LogP contribution in [0.4, 0.5) is 0 Å². The van der Waals surface area contributed by atoms with Gasteiger partial charge in [-0.05, 0) is 12.8 Å². The zero-order valence-corrected chi connectivity index (χ0v) is 5.98. The first-order valence-corrected chi connectivity index (χ1v) is 3.38. The molecule has 0 aromatic carbocycles. The van der Waals surface area contributed by atoms with E-state index in [9.17, 15) is 4.79 Å². The molecular formula is C8H12O. The van der Waals surface area contributed by atoms with Gasteiger partial charge in [0.05, 0.1) is 0 Å². The maximum atomic E-state index is 10.8. The Balaban J connectivity index is 2.67. The summed E-state index contributed by atoms with van der Waals surface area (Å²) in [4.78, 5) is 10.8. The zero-order chi connectivity index (χ0) is 6.85. The number of allylic oxidation sites excluding steroid dienone is 2. The summed E-state index contributed by atoms with van der Waals surface area (Å²) in [5, 5.41) is 0. The molecule has 0 saturated heterocycles. The van der Waals surface area contributed by atoms with Gasteiger partial charge in [-0.1, -0.05) is 18.6 Å². The fourth-order valence-electron chi connectivity index (χ4n) is 1.06. The summed E-state index contributed by atoms with van der Waals surface area (Å²) in [6.07, 6.45) is 3.45. The van der Waals surface area contributed by atoms with Crippen LogP contribution >= 0.6 is 0 Å². The molecule has 0 N–H and O–H groups in total. The van der Waals surface area contributed by atoms with Crippen molar-refractivity contribution in [1.82, 2.24) is 0 Å². The first kappa shape index (κ1) is 6.53. The van der Waals surface area contributed by atoms with E-state index in [0.29, 0.717) is 18.1 Å². The van der Waals surface area contributed by atoms with E-state index in [4.69, 9.17) is 0 Å². The van der Waals surface area contributed by atoms with E-state index in [0.717, 1.165) is 6.42 Å². The highest BCUT2D eigenvalue weighted by Gasteiger charge is 2.14. The highest BCUT2D eigenvalue weighted by Crippen LogP contribution is 2.20. The molecule has 9 heavy (non-hydrogen) atoms. The van der Waals surface area contributed by atoms with Crippen LogP contribution in [0.15, 0.2) is 11.6 Å². The number of rotatable bonds is 0. The lowest BCUT2D eigenvalue weighted by Gasteiger charge is -2.15. The van der Waals surface area contributed by atoms with Crippen LogP contribution in [0.3, 0.4) is 0 Å². The van der Waals surface area contributed by atoms with Gasteiger partial charge in [0.1, 0.15) is 5.78 Å². The number of hydrogen-bond donors (Lipinski definition) is 0. The van der Waals surface area contributed by atoms with E-state index in [1.54, 1.807) is 0 Å². The maximum absolute atomic E-state index is 10.8.